The smallest absolute Gasteiger partial charge is 0.293 e. The summed E-state index contributed by atoms with van der Waals surface area (Å²) < 4.78 is 0. The van der Waals surface area contributed by atoms with Crippen LogP contribution in [-0.2, 0) is 0 Å². The maximum Gasteiger partial charge on any atom is 0.293 e. The molecule has 1 N–H and O–H groups in total. The fourth-order valence-corrected chi connectivity index (χ4v) is 2.87. The van der Waals surface area contributed by atoms with Crippen LogP contribution >= 0.6 is 0 Å². The molecule has 1 saturated heterocycles. The minimum Gasteiger partial charge on any atom is -0.382 e. The van der Waals surface area contributed by atoms with Crippen LogP contribution in [0, 0.1) is 16.0 Å². The first-order valence-corrected chi connectivity index (χ1v) is 6.71. The summed E-state index contributed by atoms with van der Waals surface area (Å²) in [6.45, 7) is 4.82. The molecule has 1 fully saturated rings. The molecular formula is C14H19N3O3. The highest BCUT2D eigenvalue weighted by Crippen LogP contribution is 2.31. The van der Waals surface area contributed by atoms with Crippen LogP contribution < -0.4 is 5.32 Å². The molecule has 1 amide bonds. The number of benzene rings is 1. The molecule has 0 spiro atoms. The van der Waals surface area contributed by atoms with Crippen LogP contribution in [0.2, 0.25) is 0 Å². The summed E-state index contributed by atoms with van der Waals surface area (Å²) in [5.74, 6) is 0.320. The molecule has 20 heavy (non-hydrogen) atoms. The molecule has 6 nitrogen and oxygen atoms in total. The maximum absolute atomic E-state index is 12.6. The molecule has 1 aromatic rings. The fourth-order valence-electron chi connectivity index (χ4n) is 2.87. The topological polar surface area (TPSA) is 75.5 Å². The molecule has 2 unspecified atom stereocenters. The number of rotatable bonds is 3. The molecule has 0 aromatic heterocycles. The summed E-state index contributed by atoms with van der Waals surface area (Å²) in [4.78, 5) is 25.0. The number of nitro groups is 1. The summed E-state index contributed by atoms with van der Waals surface area (Å²) in [6.07, 6.45) is 0.968. The molecule has 0 aliphatic carbocycles. The molecule has 0 saturated carbocycles. The Morgan fingerprint density at radius 1 is 1.45 bits per heavy atom. The van der Waals surface area contributed by atoms with Gasteiger partial charge in [-0.15, -0.1) is 0 Å². The van der Waals surface area contributed by atoms with E-state index in [1.807, 2.05) is 6.92 Å². The average molecular weight is 277 g/mol. The number of para-hydroxylation sites is 1. The zero-order valence-electron chi connectivity index (χ0n) is 11.9. The Morgan fingerprint density at radius 2 is 2.15 bits per heavy atom. The van der Waals surface area contributed by atoms with Crippen molar-refractivity contribution in [3.8, 4) is 0 Å². The monoisotopic (exact) mass is 277 g/mol. The molecule has 1 heterocycles. The van der Waals surface area contributed by atoms with Crippen molar-refractivity contribution in [2.45, 2.75) is 26.3 Å². The van der Waals surface area contributed by atoms with E-state index in [0.29, 0.717) is 18.0 Å². The van der Waals surface area contributed by atoms with E-state index in [1.54, 1.807) is 24.1 Å². The molecule has 0 radical (unpaired) electrons. The largest absolute Gasteiger partial charge is 0.382 e. The lowest BCUT2D eigenvalue weighted by Crippen LogP contribution is -2.34. The third kappa shape index (κ3) is 2.45. The van der Waals surface area contributed by atoms with Gasteiger partial charge in [0.2, 0.25) is 0 Å². The van der Waals surface area contributed by atoms with Crippen molar-refractivity contribution in [1.29, 1.82) is 0 Å². The van der Waals surface area contributed by atoms with Gasteiger partial charge in [-0.05, 0) is 25.3 Å². The van der Waals surface area contributed by atoms with Crippen molar-refractivity contribution in [1.82, 2.24) is 4.90 Å². The number of anilines is 1. The quantitative estimate of drug-likeness (QED) is 0.680. The number of hydrogen-bond acceptors (Lipinski definition) is 4. The van der Waals surface area contributed by atoms with E-state index in [4.69, 9.17) is 0 Å². The van der Waals surface area contributed by atoms with E-state index in [2.05, 4.69) is 12.2 Å². The number of carbonyl (C=O) groups excluding carboxylic acids is 1. The van der Waals surface area contributed by atoms with Crippen molar-refractivity contribution >= 4 is 17.3 Å². The van der Waals surface area contributed by atoms with E-state index >= 15 is 0 Å². The molecule has 6 heteroatoms. The highest BCUT2D eigenvalue weighted by Gasteiger charge is 2.32. The number of nitro benzene ring substituents is 1. The van der Waals surface area contributed by atoms with Gasteiger partial charge in [-0.3, -0.25) is 14.9 Å². The summed E-state index contributed by atoms with van der Waals surface area (Å²) in [5, 5.41) is 13.8. The first-order chi connectivity index (χ1) is 9.45. The van der Waals surface area contributed by atoms with Gasteiger partial charge in [0.25, 0.3) is 11.6 Å². The molecule has 1 aliphatic rings. The SMILES string of the molecule is CNc1c(C(=O)N2CC(C)CC2C)cccc1[N+](=O)[O-]. The Labute approximate surface area is 117 Å². The maximum atomic E-state index is 12.6. The van der Waals surface area contributed by atoms with Gasteiger partial charge in [-0.25, -0.2) is 0 Å². The van der Waals surface area contributed by atoms with E-state index in [9.17, 15) is 14.9 Å². The Bertz CT molecular complexity index is 544. The molecular weight excluding hydrogens is 258 g/mol. The predicted octanol–water partition coefficient (Wildman–Crippen LogP) is 2.51. The first kappa shape index (κ1) is 14.3. The number of amides is 1. The summed E-state index contributed by atoms with van der Waals surface area (Å²) >= 11 is 0. The van der Waals surface area contributed by atoms with E-state index in [1.165, 1.54) is 6.07 Å². The number of nitrogens with one attached hydrogen (secondary N) is 1. The van der Waals surface area contributed by atoms with Crippen LogP contribution in [0.4, 0.5) is 11.4 Å². The lowest BCUT2D eigenvalue weighted by atomic mass is 10.1. The standard InChI is InChI=1S/C14H19N3O3/c1-9-7-10(2)16(8-9)14(18)11-5-4-6-12(17(19)20)13(11)15-3/h4-6,9-10,15H,7-8H2,1-3H3. The van der Waals surface area contributed by atoms with Crippen molar-refractivity contribution in [3.63, 3.8) is 0 Å². The van der Waals surface area contributed by atoms with Crippen LogP contribution in [0.25, 0.3) is 0 Å². The van der Waals surface area contributed by atoms with Gasteiger partial charge in [0.05, 0.1) is 10.5 Å². The Kier molecular flexibility index (Phi) is 3.92. The van der Waals surface area contributed by atoms with Crippen molar-refractivity contribution in [3.05, 3.63) is 33.9 Å². The van der Waals surface area contributed by atoms with Gasteiger partial charge in [-0.2, -0.15) is 0 Å². The molecule has 1 aromatic carbocycles. The summed E-state index contributed by atoms with van der Waals surface area (Å²) in [6, 6.07) is 4.76. The zero-order chi connectivity index (χ0) is 14.9. The van der Waals surface area contributed by atoms with Gasteiger partial charge < -0.3 is 10.2 Å². The second-order valence-electron chi connectivity index (χ2n) is 5.35. The highest BCUT2D eigenvalue weighted by molar-refractivity contribution is 6.01. The van der Waals surface area contributed by atoms with E-state index in [-0.39, 0.29) is 23.3 Å². The van der Waals surface area contributed by atoms with Crippen LogP contribution in [-0.4, -0.2) is 35.4 Å². The molecule has 2 rings (SSSR count). The summed E-state index contributed by atoms with van der Waals surface area (Å²) in [7, 11) is 1.59. The Morgan fingerprint density at radius 3 is 2.65 bits per heavy atom. The fraction of sp³-hybridized carbons (Fsp3) is 0.500. The number of hydrogen-bond donors (Lipinski definition) is 1. The van der Waals surface area contributed by atoms with Gasteiger partial charge in [0, 0.05) is 25.7 Å². The first-order valence-electron chi connectivity index (χ1n) is 6.71. The molecule has 1 aliphatic heterocycles. The van der Waals surface area contributed by atoms with Gasteiger partial charge in [-0.1, -0.05) is 13.0 Å². The van der Waals surface area contributed by atoms with Crippen molar-refractivity contribution in [2.75, 3.05) is 18.9 Å². The van der Waals surface area contributed by atoms with Gasteiger partial charge in [0.1, 0.15) is 5.69 Å². The molecule has 0 bridgehead atoms. The van der Waals surface area contributed by atoms with Gasteiger partial charge in [0.15, 0.2) is 0 Å². The van der Waals surface area contributed by atoms with E-state index < -0.39 is 4.92 Å². The van der Waals surface area contributed by atoms with Crippen LogP contribution in [0.5, 0.6) is 0 Å². The molecule has 108 valence electrons. The van der Waals surface area contributed by atoms with Crippen LogP contribution in [0.1, 0.15) is 30.6 Å². The Hall–Kier alpha value is -2.11. The number of likely N-dealkylation sites (tertiary alicyclic amines) is 1. The minimum absolute atomic E-state index is 0.0711. The number of nitrogens with zero attached hydrogens (tertiary/aromatic N) is 2. The predicted molar refractivity (Wildman–Crippen MR) is 76.9 cm³/mol. The van der Waals surface area contributed by atoms with Crippen molar-refractivity contribution < 1.29 is 9.72 Å². The molecule has 2 atom stereocenters. The van der Waals surface area contributed by atoms with Gasteiger partial charge >= 0.3 is 0 Å². The third-order valence-corrected chi connectivity index (χ3v) is 3.76. The van der Waals surface area contributed by atoms with Crippen molar-refractivity contribution in [2.24, 2.45) is 5.92 Å². The Balaban J connectivity index is 2.40. The summed E-state index contributed by atoms with van der Waals surface area (Å²) in [5.41, 5.74) is 0.579. The lowest BCUT2D eigenvalue weighted by Gasteiger charge is -2.22. The second kappa shape index (κ2) is 5.48. The normalized spacial score (nSPS) is 21.9. The zero-order valence-corrected chi connectivity index (χ0v) is 11.9. The average Bonchev–Trinajstić information content (AvgIpc) is 2.75. The van der Waals surface area contributed by atoms with E-state index in [0.717, 1.165) is 6.42 Å². The minimum atomic E-state index is -0.474. The third-order valence-electron chi connectivity index (χ3n) is 3.76. The second-order valence-corrected chi connectivity index (χ2v) is 5.35. The van der Waals surface area contributed by atoms with Crippen LogP contribution in [0.3, 0.4) is 0 Å². The number of carbonyl (C=O) groups is 1. The highest BCUT2D eigenvalue weighted by atomic mass is 16.6. The van der Waals surface area contributed by atoms with Crippen LogP contribution in [0.15, 0.2) is 18.2 Å². The lowest BCUT2D eigenvalue weighted by molar-refractivity contribution is -0.384.